The molecule has 5 atom stereocenters. The Kier molecular flexibility index (Phi) is 9.70. The second kappa shape index (κ2) is 12.9. The van der Waals surface area contributed by atoms with E-state index in [2.05, 4.69) is 23.8 Å². The Morgan fingerprint density at radius 1 is 1.18 bits per heavy atom. The molecule has 3 aliphatic rings. The number of amides is 1. The maximum absolute atomic E-state index is 14.8. The Morgan fingerprint density at radius 3 is 2.47 bits per heavy atom. The first-order chi connectivity index (χ1) is 21.1. The van der Waals surface area contributed by atoms with Crippen LogP contribution in [0.25, 0.3) is 10.9 Å². The lowest BCUT2D eigenvalue weighted by molar-refractivity contribution is -0.130. The SMILES string of the molecule is C[C@@H]1CC[C@@](C)(C2O[C@@H]2O)CCC1N=C(C(=CN)C(=O)N(CCc1c[nH]c2cccc(Cl)c12)C1CCC(C)(C)CC1)C(F)(F)F. The van der Waals surface area contributed by atoms with Crippen LogP contribution in [0.2, 0.25) is 5.02 Å². The van der Waals surface area contributed by atoms with E-state index in [-0.39, 0.29) is 35.4 Å². The number of carbonyl (C=O) groups excluding carboxylic acids is 1. The van der Waals surface area contributed by atoms with Crippen molar-refractivity contribution in [2.24, 2.45) is 27.5 Å². The summed E-state index contributed by atoms with van der Waals surface area (Å²) in [5.41, 5.74) is 5.59. The fraction of sp³-hybridized carbons (Fsp3) is 0.647. The van der Waals surface area contributed by atoms with Crippen LogP contribution in [0.5, 0.6) is 0 Å². The lowest BCUT2D eigenvalue weighted by Crippen LogP contribution is -2.47. The molecule has 1 amide bonds. The number of carbonyl (C=O) groups is 1. The number of ether oxygens (including phenoxy) is 1. The van der Waals surface area contributed by atoms with Crippen LogP contribution < -0.4 is 5.73 Å². The molecule has 5 rings (SSSR count). The molecule has 1 aromatic carbocycles. The fourth-order valence-corrected chi connectivity index (χ4v) is 7.68. The van der Waals surface area contributed by atoms with Gasteiger partial charge in [0.05, 0.1) is 16.6 Å². The number of rotatable bonds is 8. The third-order valence-electron chi connectivity index (χ3n) is 10.6. The van der Waals surface area contributed by atoms with E-state index >= 15 is 0 Å². The summed E-state index contributed by atoms with van der Waals surface area (Å²) in [5.74, 6) is -0.901. The minimum Gasteiger partial charge on any atom is -0.404 e. The van der Waals surface area contributed by atoms with Crippen molar-refractivity contribution < 1.29 is 27.8 Å². The number of aliphatic imine (C=N–C) groups is 1. The topological polar surface area (TPSA) is 107 Å². The first-order valence-electron chi connectivity index (χ1n) is 16.1. The Bertz CT molecular complexity index is 1440. The van der Waals surface area contributed by atoms with E-state index in [1.54, 1.807) is 11.0 Å². The molecule has 4 N–H and O–H groups in total. The predicted molar refractivity (Wildman–Crippen MR) is 171 cm³/mol. The normalized spacial score (nSPS) is 29.9. The highest BCUT2D eigenvalue weighted by molar-refractivity contribution is 6.35. The quantitative estimate of drug-likeness (QED) is 0.121. The molecule has 1 aliphatic heterocycles. The summed E-state index contributed by atoms with van der Waals surface area (Å²) in [6.45, 7) is 8.48. The van der Waals surface area contributed by atoms with Gasteiger partial charge in [0.15, 0.2) is 12.0 Å². The van der Waals surface area contributed by atoms with Gasteiger partial charge in [-0.3, -0.25) is 9.79 Å². The molecule has 0 bridgehead atoms. The molecule has 248 valence electrons. The van der Waals surface area contributed by atoms with Gasteiger partial charge in [-0.2, -0.15) is 13.2 Å². The summed E-state index contributed by atoms with van der Waals surface area (Å²) in [7, 11) is 0. The van der Waals surface area contributed by atoms with E-state index in [0.717, 1.165) is 35.5 Å². The Morgan fingerprint density at radius 2 is 1.84 bits per heavy atom. The lowest BCUT2D eigenvalue weighted by atomic mass is 9.75. The zero-order chi connectivity index (χ0) is 32.7. The number of H-pyrrole nitrogens is 1. The van der Waals surface area contributed by atoms with Gasteiger partial charge in [0.25, 0.3) is 5.91 Å². The number of nitrogens with two attached hydrogens (primary N) is 1. The number of fused-ring (bicyclic) bond motifs is 1. The molecule has 2 aromatic rings. The van der Waals surface area contributed by atoms with Crippen LogP contribution in [0.1, 0.15) is 84.6 Å². The summed E-state index contributed by atoms with van der Waals surface area (Å²) >= 11 is 6.50. The molecule has 45 heavy (non-hydrogen) atoms. The van der Waals surface area contributed by atoms with E-state index < -0.39 is 35.7 Å². The number of aliphatic hydroxyl groups excluding tert-OH is 1. The summed E-state index contributed by atoms with van der Waals surface area (Å²) in [4.78, 5) is 23.3. The Balaban J connectivity index is 1.43. The van der Waals surface area contributed by atoms with E-state index in [1.807, 2.05) is 32.2 Å². The van der Waals surface area contributed by atoms with Crippen molar-refractivity contribution in [3.8, 4) is 0 Å². The molecular weight excluding hydrogens is 605 g/mol. The summed E-state index contributed by atoms with van der Waals surface area (Å²) < 4.78 is 49.8. The number of alkyl halides is 3. The third kappa shape index (κ3) is 7.38. The van der Waals surface area contributed by atoms with Crippen LogP contribution in [0.4, 0.5) is 13.2 Å². The molecule has 2 saturated carbocycles. The first-order valence-corrected chi connectivity index (χ1v) is 16.5. The van der Waals surface area contributed by atoms with Gasteiger partial charge >= 0.3 is 6.18 Å². The number of nitrogens with zero attached hydrogens (tertiary/aromatic N) is 2. The van der Waals surface area contributed by atoms with Gasteiger partial charge < -0.3 is 25.5 Å². The number of aromatic nitrogens is 1. The van der Waals surface area contributed by atoms with Crippen molar-refractivity contribution >= 4 is 34.1 Å². The van der Waals surface area contributed by atoms with E-state index in [9.17, 15) is 23.1 Å². The van der Waals surface area contributed by atoms with Crippen molar-refractivity contribution in [3.05, 3.63) is 46.8 Å². The van der Waals surface area contributed by atoms with Crippen molar-refractivity contribution in [1.29, 1.82) is 0 Å². The molecule has 2 unspecified atom stereocenters. The van der Waals surface area contributed by atoms with Gasteiger partial charge in [0.1, 0.15) is 6.10 Å². The monoisotopic (exact) mass is 650 g/mol. The minimum atomic E-state index is -4.88. The highest BCUT2D eigenvalue weighted by Crippen LogP contribution is 2.48. The summed E-state index contributed by atoms with van der Waals surface area (Å²) in [6, 6.07) is 4.68. The Hall–Kier alpha value is -2.56. The molecule has 11 heteroatoms. The smallest absolute Gasteiger partial charge is 0.404 e. The van der Waals surface area contributed by atoms with Gasteiger partial charge in [0.2, 0.25) is 0 Å². The molecule has 2 heterocycles. The molecule has 0 radical (unpaired) electrons. The van der Waals surface area contributed by atoms with Crippen LogP contribution in [-0.2, 0) is 16.0 Å². The van der Waals surface area contributed by atoms with Crippen molar-refractivity contribution in [1.82, 2.24) is 9.88 Å². The maximum atomic E-state index is 14.8. The molecule has 1 saturated heterocycles. The number of aliphatic hydroxyl groups is 1. The predicted octanol–water partition coefficient (Wildman–Crippen LogP) is 7.31. The number of halogens is 4. The van der Waals surface area contributed by atoms with Crippen LogP contribution >= 0.6 is 11.6 Å². The highest BCUT2D eigenvalue weighted by atomic mass is 35.5. The molecule has 1 aromatic heterocycles. The van der Waals surface area contributed by atoms with Crippen LogP contribution in [-0.4, -0.2) is 63.8 Å². The lowest BCUT2D eigenvalue weighted by Gasteiger charge is -2.40. The number of hydrogen-bond donors (Lipinski definition) is 3. The number of benzene rings is 1. The third-order valence-corrected chi connectivity index (χ3v) is 10.9. The van der Waals surface area contributed by atoms with Gasteiger partial charge in [-0.1, -0.05) is 45.4 Å². The zero-order valence-electron chi connectivity index (χ0n) is 26.6. The van der Waals surface area contributed by atoms with Crippen LogP contribution in [0.15, 0.2) is 41.2 Å². The number of hydrogen-bond acceptors (Lipinski definition) is 5. The van der Waals surface area contributed by atoms with E-state index in [4.69, 9.17) is 22.1 Å². The maximum Gasteiger partial charge on any atom is 0.433 e. The van der Waals surface area contributed by atoms with Crippen molar-refractivity contribution in [2.45, 2.75) is 116 Å². The molecule has 2 aliphatic carbocycles. The number of nitrogens with one attached hydrogen (secondary N) is 1. The van der Waals surface area contributed by atoms with Gasteiger partial charge in [-0.15, -0.1) is 0 Å². The molecule has 0 spiro atoms. The van der Waals surface area contributed by atoms with Gasteiger partial charge in [-0.05, 0) is 92.2 Å². The van der Waals surface area contributed by atoms with Crippen molar-refractivity contribution in [2.75, 3.05) is 6.54 Å². The molecule has 3 fully saturated rings. The minimum absolute atomic E-state index is 0.104. The molecule has 7 nitrogen and oxygen atoms in total. The standard InChI is InChI=1S/C34H46ClF3N4O3/c1-20-8-15-33(4,29-31(44)45-29)16-11-25(20)41-28(34(36,37)38)23(18-39)30(43)42(22-9-13-32(2,3)14-10-22)17-12-21-19-40-26-7-5-6-24(35)27(21)26/h5-7,18-20,22,25,29,31,40,44H,8-17,39H2,1-4H3/t20-,25?,29?,31+,33-/m1/s1. The largest absolute Gasteiger partial charge is 0.433 e. The Labute approximate surface area is 268 Å². The van der Waals surface area contributed by atoms with Gasteiger partial charge in [-0.25, -0.2) is 0 Å². The van der Waals surface area contributed by atoms with Crippen LogP contribution in [0.3, 0.4) is 0 Å². The van der Waals surface area contributed by atoms with E-state index in [1.165, 1.54) is 0 Å². The number of aromatic amines is 1. The first kappa shape index (κ1) is 33.8. The van der Waals surface area contributed by atoms with Crippen LogP contribution in [0, 0.1) is 16.7 Å². The summed E-state index contributed by atoms with van der Waals surface area (Å²) in [6.07, 6.45) is 2.44. The second-order valence-electron chi connectivity index (χ2n) is 14.4. The van der Waals surface area contributed by atoms with Crippen molar-refractivity contribution in [3.63, 3.8) is 0 Å². The zero-order valence-corrected chi connectivity index (χ0v) is 27.3. The molecular formula is C34H46ClF3N4O3. The summed E-state index contributed by atoms with van der Waals surface area (Å²) in [5, 5.41) is 11.3. The fourth-order valence-electron chi connectivity index (χ4n) is 7.39. The average molecular weight is 651 g/mol. The van der Waals surface area contributed by atoms with E-state index in [0.29, 0.717) is 50.0 Å². The second-order valence-corrected chi connectivity index (χ2v) is 14.8. The average Bonchev–Trinajstić information content (AvgIpc) is 3.61. The highest BCUT2D eigenvalue weighted by Gasteiger charge is 2.52. The number of epoxide rings is 1. The van der Waals surface area contributed by atoms with Gasteiger partial charge in [0, 0.05) is 35.9 Å².